The fourth-order valence-corrected chi connectivity index (χ4v) is 19.8. The van der Waals surface area contributed by atoms with Crippen molar-refractivity contribution in [1.82, 2.24) is 3.80 Å². The van der Waals surface area contributed by atoms with E-state index in [1.165, 1.54) is 17.5 Å². The minimum absolute atomic E-state index is 0. The van der Waals surface area contributed by atoms with Crippen LogP contribution in [0.3, 0.4) is 0 Å². The first-order valence-electron chi connectivity index (χ1n) is 10.3. The summed E-state index contributed by atoms with van der Waals surface area (Å²) in [6, 6.07) is 32.2. The van der Waals surface area contributed by atoms with Gasteiger partial charge in [-0.3, -0.25) is 0 Å². The van der Waals surface area contributed by atoms with E-state index in [0.717, 1.165) is 0 Å². The molecule has 2 unspecified atom stereocenters. The van der Waals surface area contributed by atoms with Crippen molar-refractivity contribution in [2.24, 2.45) is 0 Å². The number of benzene rings is 3. The smallest absolute Gasteiger partial charge is 1.00 e. The van der Waals surface area contributed by atoms with Gasteiger partial charge in [0.1, 0.15) is 0 Å². The van der Waals surface area contributed by atoms with Crippen LogP contribution in [0.2, 0.25) is 0 Å². The third kappa shape index (κ3) is 5.56. The molecule has 30 heavy (non-hydrogen) atoms. The van der Waals surface area contributed by atoms with E-state index in [4.69, 9.17) is 0 Å². The Hall–Kier alpha value is -1.13. The molecule has 3 aromatic rings. The molecule has 0 radical (unpaired) electrons. The zero-order valence-electron chi connectivity index (χ0n) is 17.4. The number of hydrogen-bond donors (Lipinski definition) is 1. The molecule has 0 saturated heterocycles. The Labute approximate surface area is 200 Å². The van der Waals surface area contributed by atoms with Gasteiger partial charge in [0, 0.05) is 0 Å². The zero-order chi connectivity index (χ0) is 19.3. The van der Waals surface area contributed by atoms with Crippen molar-refractivity contribution < 1.29 is 42.2 Å². The van der Waals surface area contributed by atoms with Crippen molar-refractivity contribution in [3.63, 3.8) is 0 Å². The van der Waals surface area contributed by atoms with E-state index in [9.17, 15) is 0 Å². The normalized spacial score (nSPS) is 15.1. The molecule has 1 aliphatic carbocycles. The van der Waals surface area contributed by atoms with Gasteiger partial charge in [-0.2, -0.15) is 0 Å². The fraction of sp³-hybridized carbons (Fsp3) is 0.200. The van der Waals surface area contributed by atoms with E-state index in [0.29, 0.717) is 10.3 Å². The van der Waals surface area contributed by atoms with Crippen molar-refractivity contribution in [1.29, 1.82) is 0 Å². The molecule has 0 saturated carbocycles. The van der Waals surface area contributed by atoms with Gasteiger partial charge in [-0.05, 0) is 0 Å². The molecule has 0 bridgehead atoms. The second-order valence-corrected chi connectivity index (χ2v) is 17.9. The Balaban J connectivity index is 0.00000160. The molecule has 4 rings (SSSR count). The second-order valence-electron chi connectivity index (χ2n) is 7.63. The van der Waals surface area contributed by atoms with E-state index in [2.05, 4.69) is 115 Å². The molecule has 0 amide bonds. The predicted octanol–water partition coefficient (Wildman–Crippen LogP) is -1.78. The van der Waals surface area contributed by atoms with E-state index < -0.39 is 24.0 Å². The van der Waals surface area contributed by atoms with Crippen LogP contribution in [-0.4, -0.2) is 12.7 Å². The number of nitrogens with one attached hydrogen (secondary N) is 1. The molecule has 0 aromatic heterocycles. The van der Waals surface area contributed by atoms with Gasteiger partial charge in [0.2, 0.25) is 0 Å². The molecule has 1 N–H and O–H groups in total. The maximum Gasteiger partial charge on any atom is -1.00 e. The number of fused-ring (bicyclic) bond motifs is 1. The monoisotopic (exact) mass is 488 g/mol. The maximum absolute atomic E-state index is 4.22. The maximum atomic E-state index is 4.22. The van der Waals surface area contributed by atoms with E-state index in [1.54, 1.807) is 10.4 Å². The summed E-state index contributed by atoms with van der Waals surface area (Å²) in [5.41, 5.74) is 2.95. The Morgan fingerprint density at radius 2 is 1.37 bits per heavy atom. The minimum atomic E-state index is -1.72. The van der Waals surface area contributed by atoms with Gasteiger partial charge in [0.15, 0.2) is 0 Å². The van der Waals surface area contributed by atoms with Crippen LogP contribution in [0.1, 0.15) is 35.6 Å². The summed E-state index contributed by atoms with van der Waals surface area (Å²) in [5, 5.41) is 3.16. The molecule has 5 heteroatoms. The molecule has 1 nitrogen and oxygen atoms in total. The Morgan fingerprint density at radius 1 is 0.833 bits per heavy atom. The van der Waals surface area contributed by atoms with Gasteiger partial charge in [0.25, 0.3) is 0 Å². The first-order chi connectivity index (χ1) is 13.8. The van der Waals surface area contributed by atoms with Gasteiger partial charge < -0.3 is 24.8 Å². The van der Waals surface area contributed by atoms with Crippen LogP contribution in [0.5, 0.6) is 0 Å². The van der Waals surface area contributed by atoms with Crippen LogP contribution in [0.4, 0.5) is 0 Å². The van der Waals surface area contributed by atoms with Crippen LogP contribution in [0.15, 0.2) is 91.0 Å². The summed E-state index contributed by atoms with van der Waals surface area (Å²) in [6.07, 6.45) is 6.03. The number of halogens is 2. The summed E-state index contributed by atoms with van der Waals surface area (Å²) in [7, 11) is 0. The van der Waals surface area contributed by atoms with Gasteiger partial charge >= 0.3 is 177 Å². The van der Waals surface area contributed by atoms with Crippen LogP contribution in [0.25, 0.3) is 6.08 Å². The summed E-state index contributed by atoms with van der Waals surface area (Å²) < 4.78 is 4.81. The molecule has 0 heterocycles. The van der Waals surface area contributed by atoms with Crippen LogP contribution in [-0.2, 0) is 17.4 Å². The summed E-state index contributed by atoms with van der Waals surface area (Å²) >= 11 is -1.72. The molecule has 2 atom stereocenters. The average molecular weight is 489 g/mol. The van der Waals surface area contributed by atoms with Crippen molar-refractivity contribution in [3.05, 3.63) is 102 Å². The number of allylic oxidation sites excluding steroid dienone is 1. The summed E-state index contributed by atoms with van der Waals surface area (Å²) in [4.78, 5) is 0. The Morgan fingerprint density at radius 3 is 1.93 bits per heavy atom. The quantitative estimate of drug-likeness (QED) is 0.388. The molecule has 0 aliphatic heterocycles. The van der Waals surface area contributed by atoms with Crippen LogP contribution >= 0.6 is 0 Å². The fourth-order valence-electron chi connectivity index (χ4n) is 4.10. The topological polar surface area (TPSA) is 12.0 Å². The number of hydrogen-bond acceptors (Lipinski definition) is 1. The van der Waals surface area contributed by atoms with Crippen molar-refractivity contribution in [3.8, 4) is 0 Å². The van der Waals surface area contributed by atoms with E-state index in [-0.39, 0.29) is 24.8 Å². The van der Waals surface area contributed by atoms with E-state index >= 15 is 0 Å². The van der Waals surface area contributed by atoms with Crippen molar-refractivity contribution in [2.45, 2.75) is 30.5 Å². The van der Waals surface area contributed by atoms with Gasteiger partial charge in [-0.15, -0.1) is 0 Å². The standard InChI is InChI=1S/C12H11Si.C9H7.C4H10N.2ClH.Ti/c1-3-7-11(8-4-1)13-12-9-5-2-6-10-12;1-2-5-9-7-3-6-8(9)4-1;1-3-4(2)5;;;/h1-10,13H;1-7H;4-5H,3H2,1-2H3;2*1H;/q;;-1;;;+3/p-2. The van der Waals surface area contributed by atoms with Gasteiger partial charge in [-0.1, -0.05) is 0 Å². The second kappa shape index (κ2) is 12.0. The third-order valence-corrected chi connectivity index (χ3v) is 19.8. The minimum Gasteiger partial charge on any atom is -1.00 e. The molecule has 3 aromatic carbocycles. The zero-order valence-corrected chi connectivity index (χ0v) is 21.7. The Bertz CT molecular complexity index is 897. The first kappa shape index (κ1) is 25.1. The third-order valence-electron chi connectivity index (χ3n) is 5.74. The van der Waals surface area contributed by atoms with Crippen LogP contribution in [0, 0.1) is 0 Å². The molecule has 155 valence electrons. The Kier molecular flexibility index (Phi) is 10.1. The molecule has 0 fully saturated rings. The molecule has 1 aliphatic rings. The largest absolute Gasteiger partial charge is 1.00 e. The molecule has 0 spiro atoms. The predicted molar refractivity (Wildman–Crippen MR) is 120 cm³/mol. The van der Waals surface area contributed by atoms with Crippen molar-refractivity contribution in [2.75, 3.05) is 0 Å². The SMILES string of the molecule is CCC(C)[NH][Ti+2]([CH]1C=Cc2ccccc21)[SiH](c1ccccc1)c1ccccc1.[Cl-].[Cl-]. The van der Waals surface area contributed by atoms with E-state index in [1.807, 2.05) is 0 Å². The molecular weight excluding hydrogens is 461 g/mol. The van der Waals surface area contributed by atoms with Crippen molar-refractivity contribution >= 4 is 23.1 Å². The molecular formula is C25H28Cl2NSiTi. The van der Waals surface area contributed by atoms with Gasteiger partial charge in [-0.25, -0.2) is 0 Å². The van der Waals surface area contributed by atoms with Crippen LogP contribution < -0.4 is 39.0 Å². The summed E-state index contributed by atoms with van der Waals surface area (Å²) in [5.74, 6) is 0. The van der Waals surface area contributed by atoms with Gasteiger partial charge in [0.05, 0.1) is 0 Å². The average Bonchev–Trinajstić information content (AvgIpc) is 3.19. The first-order valence-corrected chi connectivity index (χ1v) is 16.4. The number of rotatable bonds is 7. The summed E-state index contributed by atoms with van der Waals surface area (Å²) in [6.45, 7) is 3.32.